The van der Waals surface area contributed by atoms with Crippen molar-refractivity contribution in [3.63, 3.8) is 0 Å². The first kappa shape index (κ1) is 42.5. The molecule has 1 aromatic carbocycles. The van der Waals surface area contributed by atoms with Crippen LogP contribution < -0.4 is 67.5 Å². The van der Waals surface area contributed by atoms with Crippen LogP contribution in [0.15, 0.2) is 42.0 Å². The molecule has 0 heterocycles. The SMILES string of the molecule is C=C1CCC[C@@H]2[C@@]1(CC[C@@]1(C)[C@H](C)CC=C3[C@@H]1CCCC3(C)C)CC[C@@H](C)[C@@]2(C)Cc1cc(OS(=O)(=O)[O-])ccc1OS(=O)(=O)[O-].[Na+].[Na+]. The maximum atomic E-state index is 11.7. The van der Waals surface area contributed by atoms with Crippen molar-refractivity contribution in [2.75, 3.05) is 0 Å². The Morgan fingerprint density at radius 1 is 0.854 bits per heavy atom. The van der Waals surface area contributed by atoms with Crippen molar-refractivity contribution in [3.8, 4) is 11.5 Å². The van der Waals surface area contributed by atoms with Crippen molar-refractivity contribution < 1.29 is 93.4 Å². The maximum absolute atomic E-state index is 11.7. The van der Waals surface area contributed by atoms with E-state index in [-0.39, 0.29) is 104 Å². The van der Waals surface area contributed by atoms with Gasteiger partial charge in [0.25, 0.3) is 20.8 Å². The molecule has 0 unspecified atom stereocenters. The Labute approximate surface area is 334 Å². The van der Waals surface area contributed by atoms with E-state index in [0.717, 1.165) is 57.4 Å². The molecule has 258 valence electrons. The van der Waals surface area contributed by atoms with Gasteiger partial charge in [-0.05, 0) is 134 Å². The quantitative estimate of drug-likeness (QED) is 0.164. The van der Waals surface area contributed by atoms with Crippen LogP contribution in [0.4, 0.5) is 0 Å². The molecule has 1 aromatic rings. The molecule has 5 rings (SSSR count). The van der Waals surface area contributed by atoms with Crippen LogP contribution in [-0.2, 0) is 27.2 Å². The second-order valence-electron chi connectivity index (χ2n) is 16.2. The van der Waals surface area contributed by atoms with Gasteiger partial charge in [0.1, 0.15) is 11.5 Å². The Morgan fingerprint density at radius 3 is 2.17 bits per heavy atom. The second-order valence-corrected chi connectivity index (χ2v) is 18.2. The van der Waals surface area contributed by atoms with E-state index in [1.165, 1.54) is 37.0 Å². The van der Waals surface area contributed by atoms with Gasteiger partial charge >= 0.3 is 59.1 Å². The van der Waals surface area contributed by atoms with Gasteiger partial charge in [0.05, 0.1) is 0 Å². The Hall–Kier alpha value is 0.120. The zero-order chi connectivity index (χ0) is 33.9. The minimum absolute atomic E-state index is 0. The van der Waals surface area contributed by atoms with Crippen LogP contribution in [0, 0.1) is 45.3 Å². The number of allylic oxidation sites excluding steroid dienone is 3. The third kappa shape index (κ3) is 8.50. The summed E-state index contributed by atoms with van der Waals surface area (Å²) in [7, 11) is -10.2. The van der Waals surface area contributed by atoms with Crippen molar-refractivity contribution in [1.29, 1.82) is 0 Å². The molecule has 4 aliphatic rings. The fourth-order valence-corrected chi connectivity index (χ4v) is 11.2. The third-order valence-corrected chi connectivity index (χ3v) is 14.2. The predicted molar refractivity (Wildman–Crippen MR) is 177 cm³/mol. The Bertz CT molecular complexity index is 1610. The van der Waals surface area contributed by atoms with E-state index < -0.39 is 20.8 Å². The number of benzene rings is 1. The summed E-state index contributed by atoms with van der Waals surface area (Å²) in [6.07, 6.45) is 14.9. The molecule has 0 spiro atoms. The number of hydrogen-bond acceptors (Lipinski definition) is 8. The molecule has 7 atom stereocenters. The summed E-state index contributed by atoms with van der Waals surface area (Å²) in [6.45, 7) is 19.0. The summed E-state index contributed by atoms with van der Waals surface area (Å²) < 4.78 is 78.7. The predicted octanol–water partition coefficient (Wildman–Crippen LogP) is 2.27. The van der Waals surface area contributed by atoms with Gasteiger partial charge in [0.15, 0.2) is 0 Å². The molecule has 0 amide bonds. The Balaban J connectivity index is 0.00000312. The van der Waals surface area contributed by atoms with E-state index in [2.05, 4.69) is 51.8 Å². The molecule has 3 saturated carbocycles. The van der Waals surface area contributed by atoms with Gasteiger partial charge in [0.2, 0.25) is 0 Å². The first-order valence-corrected chi connectivity index (χ1v) is 19.7. The standard InChI is InChI=1S/C36H54O8S2.2Na/c1-24-13-15-29-30(11-9-18-33(29,4)5)34(24,6)20-21-36-19-17-25(2)35(7,32(36)12-8-10-26(36)3)23-27-22-28(43-45(37,38)39)14-16-31(27)44-46(40,41)42;;/h14-16,22,24-25,30,32H,3,8-13,17-21,23H2,1-2,4-7H3,(H,37,38,39)(H,40,41,42);;/q;2*+1/p-2/t24-,25-,30+,32+,34+,35-,36-;;/m1../s1. The van der Waals surface area contributed by atoms with Gasteiger partial charge in [-0.2, -0.15) is 0 Å². The van der Waals surface area contributed by atoms with Gasteiger partial charge in [0, 0.05) is 5.56 Å². The second kappa shape index (κ2) is 15.2. The van der Waals surface area contributed by atoms with Gasteiger partial charge in [-0.25, -0.2) is 16.8 Å². The molecular weight excluding hydrogens is 671 g/mol. The minimum Gasteiger partial charge on any atom is -0.716 e. The average Bonchev–Trinajstić information content (AvgIpc) is 2.93. The van der Waals surface area contributed by atoms with Gasteiger partial charge < -0.3 is 17.5 Å². The smallest absolute Gasteiger partial charge is 0.716 e. The molecule has 0 aliphatic heterocycles. The minimum atomic E-state index is -5.11. The number of hydrogen-bond donors (Lipinski definition) is 0. The van der Waals surface area contributed by atoms with Crippen LogP contribution in [0.2, 0.25) is 0 Å². The van der Waals surface area contributed by atoms with Gasteiger partial charge in [-0.15, -0.1) is 0 Å². The van der Waals surface area contributed by atoms with Crippen molar-refractivity contribution in [2.45, 2.75) is 119 Å². The summed E-state index contributed by atoms with van der Waals surface area (Å²) in [5.41, 5.74) is 3.25. The third-order valence-electron chi connectivity index (χ3n) is 13.5. The van der Waals surface area contributed by atoms with E-state index in [9.17, 15) is 25.9 Å². The monoisotopic (exact) mass is 722 g/mol. The molecule has 0 aromatic heterocycles. The van der Waals surface area contributed by atoms with Crippen molar-refractivity contribution in [3.05, 3.63) is 47.6 Å². The maximum Gasteiger partial charge on any atom is 1.00 e. The Morgan fingerprint density at radius 2 is 1.52 bits per heavy atom. The van der Waals surface area contributed by atoms with E-state index >= 15 is 0 Å². The molecule has 0 N–H and O–H groups in total. The summed E-state index contributed by atoms with van der Waals surface area (Å²) in [5.74, 6) is 1.20. The van der Waals surface area contributed by atoms with Crippen LogP contribution in [0.3, 0.4) is 0 Å². The molecule has 48 heavy (non-hydrogen) atoms. The molecule has 12 heteroatoms. The van der Waals surface area contributed by atoms with Crippen LogP contribution in [0.1, 0.15) is 118 Å². The van der Waals surface area contributed by atoms with Crippen molar-refractivity contribution in [2.24, 2.45) is 45.3 Å². The van der Waals surface area contributed by atoms with Gasteiger partial charge in [-0.1, -0.05) is 71.8 Å². The number of rotatable bonds is 9. The van der Waals surface area contributed by atoms with Crippen LogP contribution in [0.5, 0.6) is 11.5 Å². The van der Waals surface area contributed by atoms with Crippen molar-refractivity contribution in [1.82, 2.24) is 0 Å². The van der Waals surface area contributed by atoms with E-state index in [4.69, 9.17) is 10.8 Å². The summed E-state index contributed by atoms with van der Waals surface area (Å²) in [4.78, 5) is 0. The Kier molecular flexibility index (Phi) is 13.5. The molecule has 4 aliphatic carbocycles. The molecule has 8 nitrogen and oxygen atoms in total. The fraction of sp³-hybridized carbons (Fsp3) is 0.722. The summed E-state index contributed by atoms with van der Waals surface area (Å²) in [5, 5.41) is 0. The topological polar surface area (TPSA) is 133 Å². The van der Waals surface area contributed by atoms with E-state index in [1.807, 2.05) is 0 Å². The fourth-order valence-electron chi connectivity index (χ4n) is 10.4. The van der Waals surface area contributed by atoms with Crippen LogP contribution in [0.25, 0.3) is 0 Å². The first-order valence-electron chi connectivity index (χ1n) is 17.0. The molecule has 3 fully saturated rings. The van der Waals surface area contributed by atoms with E-state index in [1.54, 1.807) is 5.57 Å². The summed E-state index contributed by atoms with van der Waals surface area (Å²) in [6, 6.07) is 3.64. The van der Waals surface area contributed by atoms with Crippen molar-refractivity contribution >= 4 is 20.8 Å². The van der Waals surface area contributed by atoms with E-state index in [0.29, 0.717) is 23.8 Å². The van der Waals surface area contributed by atoms with Crippen LogP contribution >= 0.6 is 0 Å². The molecular formula is C36H52Na2O8S2. The molecule has 0 bridgehead atoms. The van der Waals surface area contributed by atoms with Crippen LogP contribution in [-0.4, -0.2) is 25.9 Å². The molecule has 0 radical (unpaired) electrons. The zero-order valence-corrected chi connectivity index (χ0v) is 36.0. The van der Waals surface area contributed by atoms with Gasteiger partial charge in [-0.3, -0.25) is 0 Å². The number of fused-ring (bicyclic) bond motifs is 2. The summed E-state index contributed by atoms with van der Waals surface area (Å²) >= 11 is 0. The largest absolute Gasteiger partial charge is 1.00 e. The molecule has 0 saturated heterocycles. The normalized spacial score (nSPS) is 34.8. The zero-order valence-electron chi connectivity index (χ0n) is 30.4. The average molecular weight is 723 g/mol. The first-order chi connectivity index (χ1) is 21.2.